The molecule has 1 aromatic rings. The van der Waals surface area contributed by atoms with Crippen molar-refractivity contribution in [3.63, 3.8) is 0 Å². The zero-order valence-corrected chi connectivity index (χ0v) is 7.54. The van der Waals surface area contributed by atoms with Gasteiger partial charge in [0.1, 0.15) is 18.1 Å². The molecule has 0 bridgehead atoms. The summed E-state index contributed by atoms with van der Waals surface area (Å²) >= 11 is 0. The highest BCUT2D eigenvalue weighted by Crippen LogP contribution is 2.30. The van der Waals surface area contributed by atoms with Crippen molar-refractivity contribution >= 4 is 6.08 Å². The Morgan fingerprint density at radius 1 is 1.27 bits per heavy atom. The average molecular weight is 216 g/mol. The Morgan fingerprint density at radius 2 is 2.07 bits per heavy atom. The number of fused-ring (bicyclic) bond motifs is 1. The monoisotopic (exact) mass is 216 g/mol. The molecular weight excluding hydrogens is 209 g/mol. The predicted octanol–water partition coefficient (Wildman–Crippen LogP) is 2.99. The van der Waals surface area contributed by atoms with Gasteiger partial charge in [-0.1, -0.05) is 6.08 Å². The summed E-state index contributed by atoms with van der Waals surface area (Å²) in [6, 6.07) is 3.98. The van der Waals surface area contributed by atoms with Gasteiger partial charge < -0.3 is 9.47 Å². The highest BCUT2D eigenvalue weighted by molar-refractivity contribution is 5.61. The lowest BCUT2D eigenvalue weighted by atomic mass is 10.1. The molecule has 1 aromatic carbocycles. The van der Waals surface area contributed by atoms with Crippen LogP contribution in [0.5, 0.6) is 11.5 Å². The molecule has 1 heterocycles. The highest BCUT2D eigenvalue weighted by Gasteiger charge is 2.31. The molecule has 0 atom stereocenters. The minimum atomic E-state index is -4.66. The van der Waals surface area contributed by atoms with Gasteiger partial charge in [-0.3, -0.25) is 0 Å². The summed E-state index contributed by atoms with van der Waals surface area (Å²) in [5.41, 5.74) is 0.586. The normalized spacial score (nSPS) is 14.3. The maximum absolute atomic E-state index is 11.9. The molecule has 2 rings (SSSR count). The first-order chi connectivity index (χ1) is 7.04. The summed E-state index contributed by atoms with van der Waals surface area (Å²) in [4.78, 5) is 0. The van der Waals surface area contributed by atoms with E-state index in [4.69, 9.17) is 4.74 Å². The van der Waals surface area contributed by atoms with E-state index in [1.807, 2.05) is 0 Å². The molecule has 0 spiro atoms. The molecule has 0 aliphatic carbocycles. The second-order valence-electron chi connectivity index (χ2n) is 2.96. The minimum absolute atomic E-state index is 0.239. The zero-order chi connectivity index (χ0) is 10.9. The quantitative estimate of drug-likeness (QED) is 0.718. The van der Waals surface area contributed by atoms with Gasteiger partial charge in [-0.15, -0.1) is 13.2 Å². The summed E-state index contributed by atoms with van der Waals surface area (Å²) in [5, 5.41) is 0. The van der Waals surface area contributed by atoms with Crippen LogP contribution in [0, 0.1) is 0 Å². The molecule has 0 radical (unpaired) electrons. The lowest BCUT2D eigenvalue weighted by molar-refractivity contribution is -0.274. The Bertz CT molecular complexity index is 396. The average Bonchev–Trinajstić information content (AvgIpc) is 2.15. The second kappa shape index (κ2) is 3.49. The van der Waals surface area contributed by atoms with Crippen LogP contribution in [-0.2, 0) is 0 Å². The third kappa shape index (κ3) is 2.43. The zero-order valence-electron chi connectivity index (χ0n) is 7.54. The van der Waals surface area contributed by atoms with Gasteiger partial charge >= 0.3 is 6.36 Å². The first kappa shape index (κ1) is 9.89. The van der Waals surface area contributed by atoms with E-state index in [1.165, 1.54) is 18.2 Å². The van der Waals surface area contributed by atoms with Crippen molar-refractivity contribution in [1.29, 1.82) is 0 Å². The van der Waals surface area contributed by atoms with Gasteiger partial charge in [0.15, 0.2) is 0 Å². The van der Waals surface area contributed by atoms with Crippen molar-refractivity contribution in [2.75, 3.05) is 6.61 Å². The van der Waals surface area contributed by atoms with E-state index in [9.17, 15) is 13.2 Å². The van der Waals surface area contributed by atoms with Crippen LogP contribution in [0.3, 0.4) is 0 Å². The summed E-state index contributed by atoms with van der Waals surface area (Å²) in [5.74, 6) is 0.323. The summed E-state index contributed by atoms with van der Waals surface area (Å²) in [6.07, 6.45) is -1.24. The van der Waals surface area contributed by atoms with Gasteiger partial charge in [-0.05, 0) is 24.3 Å². The Hall–Kier alpha value is -1.65. The topological polar surface area (TPSA) is 18.5 Å². The Kier molecular flexibility index (Phi) is 2.30. The molecule has 0 saturated carbocycles. The number of hydrogen-bond donors (Lipinski definition) is 0. The first-order valence-corrected chi connectivity index (χ1v) is 4.24. The fourth-order valence-electron chi connectivity index (χ4n) is 1.30. The van der Waals surface area contributed by atoms with Crippen LogP contribution in [0.15, 0.2) is 24.3 Å². The van der Waals surface area contributed by atoms with E-state index in [0.29, 0.717) is 17.9 Å². The number of hydrogen-bond acceptors (Lipinski definition) is 2. The van der Waals surface area contributed by atoms with E-state index in [2.05, 4.69) is 4.74 Å². The van der Waals surface area contributed by atoms with Gasteiger partial charge in [0.25, 0.3) is 0 Å². The van der Waals surface area contributed by atoms with Gasteiger partial charge in [0.05, 0.1) is 0 Å². The molecule has 2 nitrogen and oxygen atoms in total. The summed E-state index contributed by atoms with van der Waals surface area (Å²) in [6.45, 7) is 0.437. The minimum Gasteiger partial charge on any atom is -0.489 e. The molecule has 15 heavy (non-hydrogen) atoms. The van der Waals surface area contributed by atoms with Crippen LogP contribution >= 0.6 is 0 Å². The molecule has 0 fully saturated rings. The molecular formula is C10H7F3O2. The SMILES string of the molecule is FC(F)(F)Oc1ccc2c(c1)C=CCO2. The summed E-state index contributed by atoms with van der Waals surface area (Å²) < 4.78 is 44.7. The van der Waals surface area contributed by atoms with Gasteiger partial charge in [-0.2, -0.15) is 0 Å². The highest BCUT2D eigenvalue weighted by atomic mass is 19.4. The van der Waals surface area contributed by atoms with Crippen LogP contribution in [0.1, 0.15) is 5.56 Å². The van der Waals surface area contributed by atoms with E-state index in [0.717, 1.165) is 0 Å². The molecule has 0 N–H and O–H groups in total. The first-order valence-electron chi connectivity index (χ1n) is 4.24. The van der Waals surface area contributed by atoms with Crippen molar-refractivity contribution in [2.45, 2.75) is 6.36 Å². The van der Waals surface area contributed by atoms with Crippen LogP contribution in [-0.4, -0.2) is 13.0 Å². The number of ether oxygens (including phenoxy) is 2. The fourth-order valence-corrected chi connectivity index (χ4v) is 1.30. The van der Waals surface area contributed by atoms with Crippen LogP contribution in [0.25, 0.3) is 6.08 Å². The van der Waals surface area contributed by atoms with E-state index in [-0.39, 0.29) is 5.75 Å². The van der Waals surface area contributed by atoms with Crippen molar-refractivity contribution < 1.29 is 22.6 Å². The van der Waals surface area contributed by atoms with Crippen molar-refractivity contribution in [3.05, 3.63) is 29.8 Å². The smallest absolute Gasteiger partial charge is 0.489 e. The van der Waals surface area contributed by atoms with E-state index in [1.54, 1.807) is 12.2 Å². The van der Waals surface area contributed by atoms with Crippen LogP contribution in [0.4, 0.5) is 13.2 Å². The van der Waals surface area contributed by atoms with Crippen molar-refractivity contribution in [3.8, 4) is 11.5 Å². The number of rotatable bonds is 1. The Morgan fingerprint density at radius 3 is 2.80 bits per heavy atom. The molecule has 5 heteroatoms. The summed E-state index contributed by atoms with van der Waals surface area (Å²) in [7, 11) is 0. The Labute approximate surface area is 83.9 Å². The molecule has 0 unspecified atom stereocenters. The molecule has 0 amide bonds. The lowest BCUT2D eigenvalue weighted by Gasteiger charge is -2.14. The van der Waals surface area contributed by atoms with E-state index < -0.39 is 6.36 Å². The molecule has 0 saturated heterocycles. The second-order valence-corrected chi connectivity index (χ2v) is 2.96. The fraction of sp³-hybridized carbons (Fsp3) is 0.200. The third-order valence-electron chi connectivity index (χ3n) is 1.85. The number of benzene rings is 1. The molecule has 80 valence electrons. The van der Waals surface area contributed by atoms with E-state index >= 15 is 0 Å². The van der Waals surface area contributed by atoms with Gasteiger partial charge in [-0.25, -0.2) is 0 Å². The molecule has 0 aromatic heterocycles. The standard InChI is InChI=1S/C10H7F3O2/c11-10(12,13)15-8-3-4-9-7(6-8)2-1-5-14-9/h1-4,6H,5H2. The largest absolute Gasteiger partial charge is 0.573 e. The predicted molar refractivity (Wildman–Crippen MR) is 47.7 cm³/mol. The Balaban J connectivity index is 2.26. The van der Waals surface area contributed by atoms with Gasteiger partial charge in [0.2, 0.25) is 0 Å². The lowest BCUT2D eigenvalue weighted by Crippen LogP contribution is -2.17. The molecule has 1 aliphatic heterocycles. The maximum Gasteiger partial charge on any atom is 0.573 e. The van der Waals surface area contributed by atoms with Gasteiger partial charge in [0, 0.05) is 5.56 Å². The maximum atomic E-state index is 11.9. The molecule has 1 aliphatic rings. The number of halogens is 3. The third-order valence-corrected chi connectivity index (χ3v) is 1.85. The van der Waals surface area contributed by atoms with Crippen molar-refractivity contribution in [2.24, 2.45) is 0 Å². The van der Waals surface area contributed by atoms with Crippen LogP contribution in [0.2, 0.25) is 0 Å². The van der Waals surface area contributed by atoms with Crippen molar-refractivity contribution in [1.82, 2.24) is 0 Å². The number of alkyl halides is 3. The van der Waals surface area contributed by atoms with Crippen LogP contribution < -0.4 is 9.47 Å².